The van der Waals surface area contributed by atoms with Crippen molar-refractivity contribution in [3.63, 3.8) is 0 Å². The highest BCUT2D eigenvalue weighted by Crippen LogP contribution is 2.15. The van der Waals surface area contributed by atoms with Crippen LogP contribution in [0.25, 0.3) is 0 Å². The second-order valence-electron chi connectivity index (χ2n) is 2.93. The second-order valence-corrected chi connectivity index (χ2v) is 3.69. The van der Waals surface area contributed by atoms with Gasteiger partial charge in [0.05, 0.1) is 11.9 Å². The molecule has 0 spiro atoms. The second kappa shape index (κ2) is 4.55. The smallest absolute Gasteiger partial charge is 0.291 e. The minimum Gasteiger partial charge on any atom is -0.440 e. The van der Waals surface area contributed by atoms with Gasteiger partial charge in [0, 0.05) is 0 Å². The lowest BCUT2D eigenvalue weighted by atomic mass is 10.4. The van der Waals surface area contributed by atoms with E-state index in [1.54, 1.807) is 12.1 Å². The van der Waals surface area contributed by atoms with E-state index in [0.717, 1.165) is 0 Å². The van der Waals surface area contributed by atoms with E-state index in [2.05, 4.69) is 10.3 Å². The minimum atomic E-state index is -0.393. The number of halogens is 2. The summed E-state index contributed by atoms with van der Waals surface area (Å²) >= 11 is 11.2. The van der Waals surface area contributed by atoms with E-state index in [-0.39, 0.29) is 11.0 Å². The van der Waals surface area contributed by atoms with Crippen LogP contribution >= 0.6 is 23.2 Å². The highest BCUT2D eigenvalue weighted by molar-refractivity contribution is 6.29. The molecule has 2 aromatic rings. The summed E-state index contributed by atoms with van der Waals surface area (Å²) < 4.78 is 4.95. The molecular weight excluding hydrogens is 251 g/mol. The Labute approximate surface area is 101 Å². The fourth-order valence-electron chi connectivity index (χ4n) is 1.08. The topological polar surface area (TPSA) is 55.1 Å². The Morgan fingerprint density at radius 2 is 2.06 bits per heavy atom. The number of rotatable bonds is 2. The van der Waals surface area contributed by atoms with Crippen LogP contribution in [-0.4, -0.2) is 10.9 Å². The first-order chi connectivity index (χ1) is 7.65. The summed E-state index contributed by atoms with van der Waals surface area (Å²) in [4.78, 5) is 15.4. The van der Waals surface area contributed by atoms with Gasteiger partial charge in [0.25, 0.3) is 5.91 Å². The number of aromatic nitrogens is 1. The third-order valence-corrected chi connectivity index (χ3v) is 2.21. The zero-order valence-electron chi connectivity index (χ0n) is 7.91. The van der Waals surface area contributed by atoms with Gasteiger partial charge in [-0.25, -0.2) is 4.98 Å². The summed E-state index contributed by atoms with van der Waals surface area (Å²) in [5.41, 5.74) is 0.530. The van der Waals surface area contributed by atoms with Gasteiger partial charge in [0.2, 0.25) is 0 Å². The van der Waals surface area contributed by atoms with Crippen molar-refractivity contribution >= 4 is 34.8 Å². The van der Waals surface area contributed by atoms with E-state index in [4.69, 9.17) is 27.6 Å². The molecule has 0 aliphatic carbocycles. The first kappa shape index (κ1) is 11.0. The predicted molar refractivity (Wildman–Crippen MR) is 60.9 cm³/mol. The number of nitrogens with zero attached hydrogens (tertiary/aromatic N) is 1. The van der Waals surface area contributed by atoms with Crippen molar-refractivity contribution in [1.29, 1.82) is 0 Å². The van der Waals surface area contributed by atoms with Gasteiger partial charge in [0.15, 0.2) is 11.0 Å². The number of carbonyl (C=O) groups is 1. The summed E-state index contributed by atoms with van der Waals surface area (Å²) in [7, 11) is 0. The monoisotopic (exact) mass is 256 g/mol. The van der Waals surface area contributed by atoms with Crippen LogP contribution in [-0.2, 0) is 0 Å². The number of pyridine rings is 1. The van der Waals surface area contributed by atoms with Crippen molar-refractivity contribution in [3.8, 4) is 0 Å². The van der Waals surface area contributed by atoms with Crippen molar-refractivity contribution < 1.29 is 9.21 Å². The average molecular weight is 257 g/mol. The van der Waals surface area contributed by atoms with Crippen LogP contribution in [0.4, 0.5) is 5.69 Å². The molecule has 0 aromatic carbocycles. The molecule has 0 bridgehead atoms. The maximum Gasteiger partial charge on any atom is 0.291 e. The molecule has 2 aromatic heterocycles. The van der Waals surface area contributed by atoms with Crippen LogP contribution in [0.1, 0.15) is 10.6 Å². The Kier molecular flexibility index (Phi) is 3.12. The third-order valence-electron chi connectivity index (χ3n) is 1.78. The molecule has 0 unspecified atom stereocenters. The Morgan fingerprint density at radius 1 is 1.25 bits per heavy atom. The normalized spacial score (nSPS) is 10.1. The third kappa shape index (κ3) is 2.53. The molecule has 0 aliphatic heterocycles. The number of carbonyl (C=O) groups excluding carboxylic acids is 1. The number of anilines is 1. The standard InChI is InChI=1S/C10H6Cl2N2O2/c11-8-3-1-6(5-13-8)14-10(15)7-2-4-9(12)16-7/h1-5H,(H,14,15). The molecule has 2 rings (SSSR count). The van der Waals surface area contributed by atoms with Crippen molar-refractivity contribution in [1.82, 2.24) is 4.98 Å². The van der Waals surface area contributed by atoms with Gasteiger partial charge in [-0.15, -0.1) is 0 Å². The van der Waals surface area contributed by atoms with Gasteiger partial charge in [-0.3, -0.25) is 4.79 Å². The van der Waals surface area contributed by atoms with Crippen LogP contribution < -0.4 is 5.32 Å². The van der Waals surface area contributed by atoms with E-state index >= 15 is 0 Å². The van der Waals surface area contributed by atoms with Gasteiger partial charge < -0.3 is 9.73 Å². The molecule has 0 atom stereocenters. The minimum absolute atomic E-state index is 0.139. The van der Waals surface area contributed by atoms with Gasteiger partial charge in [-0.05, 0) is 35.9 Å². The molecule has 4 nitrogen and oxygen atoms in total. The molecule has 0 aliphatic rings. The number of hydrogen-bond donors (Lipinski definition) is 1. The van der Waals surface area contributed by atoms with E-state index in [1.165, 1.54) is 18.3 Å². The first-order valence-electron chi connectivity index (χ1n) is 4.33. The zero-order chi connectivity index (χ0) is 11.5. The molecule has 0 saturated carbocycles. The van der Waals surface area contributed by atoms with Crippen molar-refractivity contribution in [3.05, 3.63) is 46.6 Å². The van der Waals surface area contributed by atoms with Gasteiger partial charge in [-0.2, -0.15) is 0 Å². The summed E-state index contributed by atoms with van der Waals surface area (Å²) in [5.74, 6) is -0.254. The summed E-state index contributed by atoms with van der Waals surface area (Å²) in [6, 6.07) is 6.20. The molecule has 0 saturated heterocycles. The van der Waals surface area contributed by atoms with E-state index in [0.29, 0.717) is 10.8 Å². The number of furan rings is 1. The fraction of sp³-hybridized carbons (Fsp3) is 0. The summed E-state index contributed by atoms with van der Waals surface area (Å²) in [5, 5.41) is 3.11. The fourth-order valence-corrected chi connectivity index (χ4v) is 1.34. The highest BCUT2D eigenvalue weighted by atomic mass is 35.5. The molecule has 82 valence electrons. The van der Waals surface area contributed by atoms with Gasteiger partial charge >= 0.3 is 0 Å². The highest BCUT2D eigenvalue weighted by Gasteiger charge is 2.10. The summed E-state index contributed by atoms with van der Waals surface area (Å²) in [6.07, 6.45) is 1.45. The van der Waals surface area contributed by atoms with Gasteiger partial charge in [-0.1, -0.05) is 11.6 Å². The molecule has 1 N–H and O–H groups in total. The molecule has 1 amide bonds. The Bertz CT molecular complexity index is 508. The Hall–Kier alpha value is -1.52. The maximum absolute atomic E-state index is 11.6. The molecule has 0 fully saturated rings. The van der Waals surface area contributed by atoms with Crippen LogP contribution in [0.15, 0.2) is 34.9 Å². The van der Waals surface area contributed by atoms with Gasteiger partial charge in [0.1, 0.15) is 5.15 Å². The zero-order valence-corrected chi connectivity index (χ0v) is 9.42. The largest absolute Gasteiger partial charge is 0.440 e. The van der Waals surface area contributed by atoms with Crippen molar-refractivity contribution in [2.24, 2.45) is 0 Å². The quantitative estimate of drug-likeness (QED) is 0.840. The van der Waals surface area contributed by atoms with Crippen LogP contribution in [0.3, 0.4) is 0 Å². The number of amides is 1. The Morgan fingerprint density at radius 3 is 2.62 bits per heavy atom. The lowest BCUT2D eigenvalue weighted by Crippen LogP contribution is -2.10. The SMILES string of the molecule is O=C(Nc1ccc(Cl)nc1)c1ccc(Cl)o1. The number of hydrogen-bond acceptors (Lipinski definition) is 3. The lowest BCUT2D eigenvalue weighted by Gasteiger charge is -2.01. The predicted octanol–water partition coefficient (Wildman–Crippen LogP) is 3.23. The van der Waals surface area contributed by atoms with Crippen LogP contribution in [0.5, 0.6) is 0 Å². The van der Waals surface area contributed by atoms with E-state index in [9.17, 15) is 4.79 Å². The van der Waals surface area contributed by atoms with Crippen LogP contribution in [0.2, 0.25) is 10.4 Å². The van der Waals surface area contributed by atoms with E-state index < -0.39 is 5.91 Å². The molecule has 2 heterocycles. The van der Waals surface area contributed by atoms with Crippen molar-refractivity contribution in [2.45, 2.75) is 0 Å². The molecule has 0 radical (unpaired) electrons. The molecule has 6 heteroatoms. The first-order valence-corrected chi connectivity index (χ1v) is 5.09. The van der Waals surface area contributed by atoms with E-state index in [1.807, 2.05) is 0 Å². The number of nitrogens with one attached hydrogen (secondary N) is 1. The molecule has 16 heavy (non-hydrogen) atoms. The van der Waals surface area contributed by atoms with Crippen LogP contribution in [0, 0.1) is 0 Å². The van der Waals surface area contributed by atoms with Crippen molar-refractivity contribution in [2.75, 3.05) is 5.32 Å². The Balaban J connectivity index is 2.10. The molecular formula is C10H6Cl2N2O2. The maximum atomic E-state index is 11.6. The lowest BCUT2D eigenvalue weighted by molar-refractivity contribution is 0.0996. The summed E-state index contributed by atoms with van der Waals surface area (Å²) in [6.45, 7) is 0. The average Bonchev–Trinajstić information content (AvgIpc) is 2.68.